The van der Waals surface area contributed by atoms with Crippen molar-refractivity contribution in [2.45, 2.75) is 45.8 Å². The van der Waals surface area contributed by atoms with Crippen molar-refractivity contribution in [2.24, 2.45) is 0 Å². The number of benzene rings is 1. The predicted octanol–water partition coefficient (Wildman–Crippen LogP) is 3.19. The van der Waals surface area contributed by atoms with Crippen LogP contribution in [0.4, 0.5) is 10.1 Å². The third kappa shape index (κ3) is 3.30. The van der Waals surface area contributed by atoms with Crippen molar-refractivity contribution in [3.8, 4) is 0 Å². The number of hydrogen-bond donors (Lipinski definition) is 1. The molecule has 2 unspecified atom stereocenters. The van der Waals surface area contributed by atoms with E-state index >= 15 is 0 Å². The first kappa shape index (κ1) is 15.3. The molecule has 2 atom stereocenters. The number of halogens is 1. The molecule has 1 N–H and O–H groups in total. The van der Waals surface area contributed by atoms with Gasteiger partial charge in [-0.05, 0) is 51.3 Å². The van der Waals surface area contributed by atoms with Crippen molar-refractivity contribution in [3.05, 3.63) is 29.1 Å². The van der Waals surface area contributed by atoms with Gasteiger partial charge in [0.25, 0.3) is 0 Å². The third-order valence-electron chi connectivity index (χ3n) is 3.88. The highest BCUT2D eigenvalue weighted by molar-refractivity contribution is 5.57. The van der Waals surface area contributed by atoms with Gasteiger partial charge in [0.2, 0.25) is 0 Å². The fourth-order valence-corrected chi connectivity index (χ4v) is 2.82. The predicted molar refractivity (Wildman–Crippen MR) is 78.6 cm³/mol. The van der Waals surface area contributed by atoms with Gasteiger partial charge in [0.15, 0.2) is 0 Å². The van der Waals surface area contributed by atoms with Gasteiger partial charge in [-0.2, -0.15) is 0 Å². The molecule has 0 amide bonds. The van der Waals surface area contributed by atoms with Gasteiger partial charge in [0.1, 0.15) is 5.82 Å². The highest BCUT2D eigenvalue weighted by Gasteiger charge is 2.24. The monoisotopic (exact) mass is 281 g/mol. The van der Waals surface area contributed by atoms with E-state index < -0.39 is 6.10 Å². The Kier molecular flexibility index (Phi) is 5.00. The van der Waals surface area contributed by atoms with Gasteiger partial charge in [0, 0.05) is 30.9 Å². The van der Waals surface area contributed by atoms with Crippen LogP contribution >= 0.6 is 0 Å². The standard InChI is InChI=1S/C16H24FNO2/c1-4-20-13-6-5-7-18(10-13)16-8-11(2)15(17)9-14(16)12(3)19/h8-9,12-13,19H,4-7,10H2,1-3H3. The van der Waals surface area contributed by atoms with Crippen molar-refractivity contribution in [1.29, 1.82) is 0 Å². The number of aliphatic hydroxyl groups excluding tert-OH is 1. The summed E-state index contributed by atoms with van der Waals surface area (Å²) in [4.78, 5) is 2.21. The summed E-state index contributed by atoms with van der Waals surface area (Å²) in [5.41, 5.74) is 2.21. The number of aryl methyl sites for hydroxylation is 1. The van der Waals surface area contributed by atoms with Crippen LogP contribution in [0.1, 0.15) is 43.9 Å². The van der Waals surface area contributed by atoms with Crippen molar-refractivity contribution in [1.82, 2.24) is 0 Å². The number of anilines is 1. The van der Waals surface area contributed by atoms with E-state index in [4.69, 9.17) is 4.74 Å². The Balaban J connectivity index is 2.28. The molecule has 1 fully saturated rings. The number of ether oxygens (including phenoxy) is 1. The Hall–Kier alpha value is -1.13. The lowest BCUT2D eigenvalue weighted by molar-refractivity contribution is 0.0525. The van der Waals surface area contributed by atoms with Gasteiger partial charge >= 0.3 is 0 Å². The molecular formula is C16H24FNO2. The number of rotatable bonds is 4. The van der Waals surface area contributed by atoms with Crippen LogP contribution in [0.2, 0.25) is 0 Å². The van der Waals surface area contributed by atoms with Gasteiger partial charge in [-0.15, -0.1) is 0 Å². The molecular weight excluding hydrogens is 257 g/mol. The highest BCUT2D eigenvalue weighted by Crippen LogP contribution is 2.31. The van der Waals surface area contributed by atoms with E-state index in [1.165, 1.54) is 6.07 Å². The zero-order chi connectivity index (χ0) is 14.7. The second kappa shape index (κ2) is 6.55. The van der Waals surface area contributed by atoms with Gasteiger partial charge in [-0.1, -0.05) is 0 Å². The molecule has 2 rings (SSSR count). The van der Waals surface area contributed by atoms with Gasteiger partial charge in [-0.25, -0.2) is 4.39 Å². The molecule has 0 radical (unpaired) electrons. The first-order chi connectivity index (χ1) is 9.52. The van der Waals surface area contributed by atoms with Crippen LogP contribution < -0.4 is 4.90 Å². The van der Waals surface area contributed by atoms with Crippen molar-refractivity contribution >= 4 is 5.69 Å². The first-order valence-electron chi connectivity index (χ1n) is 7.37. The fraction of sp³-hybridized carbons (Fsp3) is 0.625. The molecule has 1 heterocycles. The lowest BCUT2D eigenvalue weighted by Crippen LogP contribution is -2.40. The van der Waals surface area contributed by atoms with Gasteiger partial charge in [-0.3, -0.25) is 0 Å². The SMILES string of the molecule is CCOC1CCCN(c2cc(C)c(F)cc2C(C)O)C1. The number of nitrogens with zero attached hydrogens (tertiary/aromatic N) is 1. The highest BCUT2D eigenvalue weighted by atomic mass is 19.1. The summed E-state index contributed by atoms with van der Waals surface area (Å²) >= 11 is 0. The normalized spacial score (nSPS) is 21.1. The van der Waals surface area contributed by atoms with E-state index in [2.05, 4.69) is 4.90 Å². The molecule has 0 aliphatic carbocycles. The molecule has 1 aliphatic heterocycles. The Labute approximate surface area is 120 Å². The Morgan fingerprint density at radius 3 is 2.90 bits per heavy atom. The van der Waals surface area contributed by atoms with E-state index in [9.17, 15) is 9.50 Å². The minimum absolute atomic E-state index is 0.223. The van der Waals surface area contributed by atoms with E-state index in [-0.39, 0.29) is 11.9 Å². The van der Waals surface area contributed by atoms with Gasteiger partial charge in [0.05, 0.1) is 12.2 Å². The summed E-state index contributed by atoms with van der Waals surface area (Å²) in [7, 11) is 0. The topological polar surface area (TPSA) is 32.7 Å². The molecule has 1 aromatic carbocycles. The molecule has 112 valence electrons. The minimum atomic E-state index is -0.674. The maximum absolute atomic E-state index is 13.7. The lowest BCUT2D eigenvalue weighted by Gasteiger charge is -2.36. The molecule has 4 heteroatoms. The fourth-order valence-electron chi connectivity index (χ4n) is 2.82. The van der Waals surface area contributed by atoms with Crippen LogP contribution in [-0.2, 0) is 4.74 Å². The van der Waals surface area contributed by atoms with E-state index in [1.807, 2.05) is 13.0 Å². The summed E-state index contributed by atoms with van der Waals surface area (Å²) in [6, 6.07) is 3.30. The molecule has 0 spiro atoms. The van der Waals surface area contributed by atoms with Gasteiger partial charge < -0.3 is 14.7 Å². The van der Waals surface area contributed by atoms with Crippen LogP contribution in [0.5, 0.6) is 0 Å². The van der Waals surface area contributed by atoms with E-state index in [0.717, 1.165) is 31.6 Å². The molecule has 20 heavy (non-hydrogen) atoms. The number of hydrogen-bond acceptors (Lipinski definition) is 3. The van der Waals surface area contributed by atoms with Crippen LogP contribution in [0, 0.1) is 12.7 Å². The molecule has 0 aromatic heterocycles. The Bertz CT molecular complexity index is 460. The Morgan fingerprint density at radius 1 is 1.50 bits per heavy atom. The first-order valence-corrected chi connectivity index (χ1v) is 7.37. The molecule has 1 saturated heterocycles. The van der Waals surface area contributed by atoms with Crippen LogP contribution in [-0.4, -0.2) is 30.9 Å². The maximum atomic E-state index is 13.7. The molecule has 1 aliphatic rings. The number of piperidine rings is 1. The zero-order valence-corrected chi connectivity index (χ0v) is 12.5. The largest absolute Gasteiger partial charge is 0.389 e. The summed E-state index contributed by atoms with van der Waals surface area (Å²) in [6.45, 7) is 7.88. The minimum Gasteiger partial charge on any atom is -0.389 e. The lowest BCUT2D eigenvalue weighted by atomic mass is 10.0. The maximum Gasteiger partial charge on any atom is 0.126 e. The number of aliphatic hydroxyl groups is 1. The van der Waals surface area contributed by atoms with Crippen molar-refractivity contribution in [3.63, 3.8) is 0 Å². The summed E-state index contributed by atoms with van der Waals surface area (Å²) in [5, 5.41) is 9.90. The molecule has 0 bridgehead atoms. The Morgan fingerprint density at radius 2 is 2.25 bits per heavy atom. The molecule has 3 nitrogen and oxygen atoms in total. The quantitative estimate of drug-likeness (QED) is 0.920. The van der Waals surface area contributed by atoms with Crippen LogP contribution in [0.15, 0.2) is 12.1 Å². The van der Waals surface area contributed by atoms with E-state index in [0.29, 0.717) is 17.7 Å². The summed E-state index contributed by atoms with van der Waals surface area (Å²) < 4.78 is 19.4. The van der Waals surface area contributed by atoms with E-state index in [1.54, 1.807) is 13.8 Å². The van der Waals surface area contributed by atoms with Crippen molar-refractivity contribution < 1.29 is 14.2 Å². The zero-order valence-electron chi connectivity index (χ0n) is 12.5. The average molecular weight is 281 g/mol. The summed E-state index contributed by atoms with van der Waals surface area (Å²) in [5.74, 6) is -0.261. The second-order valence-electron chi connectivity index (χ2n) is 5.50. The summed E-state index contributed by atoms with van der Waals surface area (Å²) in [6.07, 6.45) is 1.67. The average Bonchev–Trinajstić information content (AvgIpc) is 2.42. The van der Waals surface area contributed by atoms with Crippen LogP contribution in [0.25, 0.3) is 0 Å². The molecule has 1 aromatic rings. The molecule has 0 saturated carbocycles. The smallest absolute Gasteiger partial charge is 0.126 e. The third-order valence-corrected chi connectivity index (χ3v) is 3.88. The van der Waals surface area contributed by atoms with Crippen LogP contribution in [0.3, 0.4) is 0 Å². The second-order valence-corrected chi connectivity index (χ2v) is 5.50. The van der Waals surface area contributed by atoms with Crippen molar-refractivity contribution in [2.75, 3.05) is 24.6 Å².